The molecule has 5 aliphatic rings. The lowest BCUT2D eigenvalue weighted by Crippen LogP contribution is -2.64. The number of carbonyl (C=O) groups is 2. The summed E-state index contributed by atoms with van der Waals surface area (Å²) in [5.74, 6) is -0.509. The number of hydrogen-bond donors (Lipinski definition) is 2. The third kappa shape index (κ3) is 6.72. The Labute approximate surface area is 332 Å². The molecule has 16 heteroatoms. The van der Waals surface area contributed by atoms with Crippen LogP contribution in [0.1, 0.15) is 65.4 Å². The molecule has 2 amide bonds. The number of piperazine rings is 1. The van der Waals surface area contributed by atoms with Crippen molar-refractivity contribution in [1.82, 2.24) is 24.8 Å². The molecule has 4 aliphatic heterocycles. The first-order valence-electron chi connectivity index (χ1n) is 19.6. The lowest BCUT2D eigenvalue weighted by Gasteiger charge is -2.47. The van der Waals surface area contributed by atoms with Crippen LogP contribution in [0.3, 0.4) is 0 Å². The minimum atomic E-state index is -2.72. The summed E-state index contributed by atoms with van der Waals surface area (Å²) in [5, 5.41) is 14.3. The number of terminal acetylenes is 1. The summed E-state index contributed by atoms with van der Waals surface area (Å²) in [6, 6.07) is 7.16. The molecule has 2 N–H and O–H groups in total. The minimum Gasteiger partial charge on any atom is -0.472 e. The van der Waals surface area contributed by atoms with Crippen molar-refractivity contribution in [2.75, 3.05) is 43.0 Å². The number of pyridine rings is 1. The first-order valence-corrected chi connectivity index (χ1v) is 19.6. The Morgan fingerprint density at radius 3 is 2.60 bits per heavy atom. The van der Waals surface area contributed by atoms with Crippen molar-refractivity contribution in [3.63, 3.8) is 0 Å². The standard InChI is InChI=1S/C42H44F3N7O6/c1-6-23-8-7-9-24-16-25(46-38(53)58-40(3,4)5)17-27(29(23)24)32-31(43)33-30-35(49-37(48-33)56-21-41(12-13-41)19-50-15-14-42(44,45)20-50)51-18-26-10-11-28(52(26)39(54)55)34(51)22(2)57-36(30)47-32/h1,7-9,16-17,22,26,28,34H,10-15,18-21H2,2-5H3,(H,46,53)(H,54,55). The summed E-state index contributed by atoms with van der Waals surface area (Å²) < 4.78 is 64.2. The van der Waals surface area contributed by atoms with Crippen LogP contribution in [0.4, 0.5) is 34.3 Å². The van der Waals surface area contributed by atoms with Gasteiger partial charge in [-0.25, -0.2) is 27.7 Å². The van der Waals surface area contributed by atoms with Crippen molar-refractivity contribution in [1.29, 1.82) is 0 Å². The number of ether oxygens (including phenoxy) is 3. The molecule has 304 valence electrons. The number of halogens is 3. The highest BCUT2D eigenvalue weighted by Gasteiger charge is 2.53. The fourth-order valence-electron chi connectivity index (χ4n) is 9.35. The highest BCUT2D eigenvalue weighted by molar-refractivity contribution is 6.06. The summed E-state index contributed by atoms with van der Waals surface area (Å²) in [7, 11) is 0. The van der Waals surface area contributed by atoms with Crippen LogP contribution in [0.2, 0.25) is 0 Å². The quantitative estimate of drug-likeness (QED) is 0.182. The molecule has 0 radical (unpaired) electrons. The summed E-state index contributed by atoms with van der Waals surface area (Å²) >= 11 is 0. The number of nitrogens with zero attached hydrogens (tertiary/aromatic N) is 6. The van der Waals surface area contributed by atoms with E-state index in [-0.39, 0.29) is 71.6 Å². The van der Waals surface area contributed by atoms with Gasteiger partial charge in [-0.15, -0.1) is 6.42 Å². The molecule has 4 atom stereocenters. The van der Waals surface area contributed by atoms with E-state index in [1.165, 1.54) is 4.90 Å². The summed E-state index contributed by atoms with van der Waals surface area (Å²) in [4.78, 5) is 45.1. The Bertz CT molecular complexity index is 2410. The predicted molar refractivity (Wildman–Crippen MR) is 209 cm³/mol. The van der Waals surface area contributed by atoms with Crippen LogP contribution in [-0.2, 0) is 4.74 Å². The molecule has 2 aromatic heterocycles. The van der Waals surface area contributed by atoms with E-state index in [2.05, 4.69) is 16.2 Å². The van der Waals surface area contributed by atoms with Crippen LogP contribution >= 0.6 is 0 Å². The van der Waals surface area contributed by atoms with Crippen LogP contribution in [-0.4, -0.2) is 111 Å². The maximum Gasteiger partial charge on any atom is 0.412 e. The number of alkyl halides is 2. The van der Waals surface area contributed by atoms with Crippen LogP contribution in [0.15, 0.2) is 30.3 Å². The summed E-state index contributed by atoms with van der Waals surface area (Å²) in [6.45, 7) is 7.89. The molecule has 6 heterocycles. The zero-order chi connectivity index (χ0) is 40.9. The molecule has 0 spiro atoms. The highest BCUT2D eigenvalue weighted by Crippen LogP contribution is 2.50. The molecular weight excluding hydrogens is 755 g/mol. The predicted octanol–water partition coefficient (Wildman–Crippen LogP) is 7.29. The van der Waals surface area contributed by atoms with E-state index in [1.54, 1.807) is 56.0 Å². The molecule has 58 heavy (non-hydrogen) atoms. The van der Waals surface area contributed by atoms with Gasteiger partial charge < -0.3 is 24.2 Å². The van der Waals surface area contributed by atoms with Crippen molar-refractivity contribution in [3.8, 4) is 35.5 Å². The van der Waals surface area contributed by atoms with E-state index in [9.17, 15) is 23.5 Å². The van der Waals surface area contributed by atoms with E-state index >= 15 is 4.39 Å². The number of rotatable bonds is 7. The highest BCUT2D eigenvalue weighted by atomic mass is 19.3. The molecule has 13 nitrogen and oxygen atoms in total. The molecular formula is C42H44F3N7O6. The van der Waals surface area contributed by atoms with Crippen molar-refractivity contribution in [3.05, 3.63) is 41.7 Å². The Balaban J connectivity index is 1.19. The van der Waals surface area contributed by atoms with Crippen LogP contribution in [0, 0.1) is 23.6 Å². The lowest BCUT2D eigenvalue weighted by molar-refractivity contribution is 0.00930. The van der Waals surface area contributed by atoms with Crippen molar-refractivity contribution >= 4 is 45.4 Å². The first kappa shape index (κ1) is 38.0. The Morgan fingerprint density at radius 1 is 1.12 bits per heavy atom. The normalized spacial score (nSPS) is 24.2. The smallest absolute Gasteiger partial charge is 0.412 e. The number of carbonyl (C=O) groups excluding carboxylic acids is 1. The van der Waals surface area contributed by atoms with Crippen LogP contribution in [0.25, 0.3) is 32.9 Å². The third-order valence-electron chi connectivity index (χ3n) is 12.0. The summed E-state index contributed by atoms with van der Waals surface area (Å²) in [5.41, 5.74) is -0.448. The third-order valence-corrected chi connectivity index (χ3v) is 12.0. The van der Waals surface area contributed by atoms with Gasteiger partial charge in [0.25, 0.3) is 5.92 Å². The molecule has 2 aromatic carbocycles. The SMILES string of the molecule is C#Cc1cccc2cc(NC(=O)OC(C)(C)C)cc(-c3nc4c5c(nc(OCC6(CN7CCC(F)(F)C7)CC6)nc5c3F)N3CC5CCC(C3C(C)O4)N5C(=O)O)c12. The average molecular weight is 800 g/mol. The second-order valence-electron chi connectivity index (χ2n) is 17.4. The van der Waals surface area contributed by atoms with Gasteiger partial charge in [0.1, 0.15) is 34.1 Å². The van der Waals surface area contributed by atoms with Gasteiger partial charge in [0.15, 0.2) is 5.82 Å². The number of aromatic nitrogens is 3. The van der Waals surface area contributed by atoms with Gasteiger partial charge in [-0.1, -0.05) is 18.1 Å². The topological polar surface area (TPSA) is 142 Å². The number of hydrogen-bond acceptors (Lipinski definition) is 10. The second-order valence-corrected chi connectivity index (χ2v) is 17.4. The number of likely N-dealkylation sites (tertiary alicyclic amines) is 1. The second kappa shape index (κ2) is 13.5. The summed E-state index contributed by atoms with van der Waals surface area (Å²) in [6.07, 6.45) is 6.22. The van der Waals surface area contributed by atoms with E-state index in [1.807, 2.05) is 11.8 Å². The van der Waals surface area contributed by atoms with E-state index in [0.29, 0.717) is 53.8 Å². The van der Waals surface area contributed by atoms with Gasteiger partial charge in [-0.2, -0.15) is 9.97 Å². The van der Waals surface area contributed by atoms with Gasteiger partial charge in [0, 0.05) is 53.7 Å². The van der Waals surface area contributed by atoms with Crippen molar-refractivity contribution in [2.45, 2.75) is 95.6 Å². The fourth-order valence-corrected chi connectivity index (χ4v) is 9.35. The number of amides is 2. The van der Waals surface area contributed by atoms with E-state index in [4.69, 9.17) is 30.6 Å². The van der Waals surface area contributed by atoms with Gasteiger partial charge in [-0.05, 0) is 77.0 Å². The van der Waals surface area contributed by atoms with E-state index < -0.39 is 47.7 Å². The van der Waals surface area contributed by atoms with Gasteiger partial charge in [0.2, 0.25) is 5.88 Å². The zero-order valence-corrected chi connectivity index (χ0v) is 32.7. The van der Waals surface area contributed by atoms with Crippen molar-refractivity contribution < 1.29 is 42.1 Å². The molecule has 3 saturated heterocycles. The van der Waals surface area contributed by atoms with Gasteiger partial charge in [0.05, 0.1) is 31.3 Å². The largest absolute Gasteiger partial charge is 0.472 e. The number of benzene rings is 2. The molecule has 4 aromatic rings. The Morgan fingerprint density at radius 2 is 1.91 bits per heavy atom. The maximum atomic E-state index is 17.6. The fraction of sp³-hybridized carbons (Fsp3) is 0.500. The first-order chi connectivity index (χ1) is 27.5. The molecule has 1 aliphatic carbocycles. The van der Waals surface area contributed by atoms with Crippen LogP contribution < -0.4 is 19.7 Å². The number of carboxylic acid groups (broad SMARTS) is 1. The number of nitrogens with one attached hydrogen (secondary N) is 1. The Hall–Kier alpha value is -5.56. The van der Waals surface area contributed by atoms with Crippen molar-refractivity contribution in [2.24, 2.45) is 5.41 Å². The average Bonchev–Trinajstić information content (AvgIpc) is 3.75. The molecule has 1 saturated carbocycles. The molecule has 2 bridgehead atoms. The number of fused-ring (bicyclic) bond motifs is 6. The van der Waals surface area contributed by atoms with Gasteiger partial charge in [-0.3, -0.25) is 15.1 Å². The molecule has 4 fully saturated rings. The molecule has 4 unspecified atom stereocenters. The maximum absolute atomic E-state index is 17.6. The zero-order valence-electron chi connectivity index (χ0n) is 32.7. The van der Waals surface area contributed by atoms with E-state index in [0.717, 1.165) is 12.8 Å². The monoisotopic (exact) mass is 799 g/mol. The van der Waals surface area contributed by atoms with Gasteiger partial charge >= 0.3 is 18.2 Å². The van der Waals surface area contributed by atoms with Crippen LogP contribution in [0.5, 0.6) is 11.9 Å². The lowest BCUT2D eigenvalue weighted by atomic mass is 9.95. The minimum absolute atomic E-state index is 0.0399. The molecule has 9 rings (SSSR count). The number of anilines is 2. The Kier molecular flexibility index (Phi) is 8.84.